The Morgan fingerprint density at radius 1 is 0.867 bits per heavy atom. The Labute approximate surface area is 271 Å². The maximum absolute atomic E-state index is 13.3. The minimum Gasteiger partial charge on any atom is -0.373 e. The topological polar surface area (TPSA) is 87.6 Å². The highest BCUT2D eigenvalue weighted by Crippen LogP contribution is 2.30. The summed E-state index contributed by atoms with van der Waals surface area (Å²) in [5.41, 5.74) is 3.18. The standard InChI is InChI=1S/C37H57N7O/c1-28(2)30-15-13-29(14-16-30)27-44(32-11-7-4-5-8-12-32)34-18-17-33(36(39-3)41-34)35(38)37(45)40-31-19-23-43(24-20-31)26-25-42-21-9-6-10-22-42/h13-18,28,31-32,38H,4-12,19-27H2,1-3H3,(H,39,41)(H,40,45). The van der Waals surface area contributed by atoms with Crippen molar-refractivity contribution < 1.29 is 4.79 Å². The monoisotopic (exact) mass is 615 g/mol. The highest BCUT2D eigenvalue weighted by Gasteiger charge is 2.26. The minimum atomic E-state index is -0.307. The summed E-state index contributed by atoms with van der Waals surface area (Å²) in [6, 6.07) is 13.5. The Hall–Kier alpha value is -2.97. The predicted octanol–water partition coefficient (Wildman–Crippen LogP) is 6.41. The van der Waals surface area contributed by atoms with Crippen molar-refractivity contribution in [3.8, 4) is 0 Å². The quantitative estimate of drug-likeness (QED) is 0.189. The fourth-order valence-corrected chi connectivity index (χ4v) is 7.32. The Kier molecular flexibility index (Phi) is 12.3. The van der Waals surface area contributed by atoms with Gasteiger partial charge < -0.3 is 25.3 Å². The molecule has 0 spiro atoms. The Bertz CT molecular complexity index is 1220. The lowest BCUT2D eigenvalue weighted by Gasteiger charge is -2.34. The van der Waals surface area contributed by atoms with Crippen molar-refractivity contribution in [2.24, 2.45) is 0 Å². The molecule has 2 aromatic rings. The van der Waals surface area contributed by atoms with Crippen molar-refractivity contribution in [2.75, 3.05) is 56.5 Å². The fraction of sp³-hybridized carbons (Fsp3) is 0.649. The SMILES string of the molecule is CNc1nc(N(Cc2ccc(C(C)C)cc2)C2CCCCCC2)ccc1C(=N)C(=O)NC1CCN(CCN2CCCCC2)CC1. The molecule has 2 saturated heterocycles. The van der Waals surface area contributed by atoms with Crippen LogP contribution < -0.4 is 15.5 Å². The van der Waals surface area contributed by atoms with E-state index < -0.39 is 0 Å². The second kappa shape index (κ2) is 16.5. The molecule has 1 amide bonds. The maximum Gasteiger partial charge on any atom is 0.270 e. The van der Waals surface area contributed by atoms with Gasteiger partial charge in [-0.05, 0) is 80.8 Å². The molecule has 0 unspecified atom stereocenters. The number of carbonyl (C=O) groups excluding carboxylic acids is 1. The zero-order valence-corrected chi connectivity index (χ0v) is 28.1. The Morgan fingerprint density at radius 2 is 1.49 bits per heavy atom. The van der Waals surface area contributed by atoms with E-state index in [0.29, 0.717) is 23.3 Å². The number of benzene rings is 1. The largest absolute Gasteiger partial charge is 0.373 e. The van der Waals surface area contributed by atoms with Gasteiger partial charge in [0.15, 0.2) is 0 Å². The molecule has 3 heterocycles. The average Bonchev–Trinajstić information content (AvgIpc) is 3.36. The van der Waals surface area contributed by atoms with Crippen molar-refractivity contribution in [2.45, 2.75) is 109 Å². The second-order valence-corrected chi connectivity index (χ2v) is 13.9. The molecule has 5 rings (SSSR count). The van der Waals surface area contributed by atoms with E-state index in [1.165, 1.54) is 69.2 Å². The van der Waals surface area contributed by atoms with Crippen molar-refractivity contribution in [1.82, 2.24) is 20.1 Å². The van der Waals surface area contributed by atoms with E-state index in [0.717, 1.165) is 64.2 Å². The van der Waals surface area contributed by atoms with E-state index in [9.17, 15) is 4.79 Å². The molecular formula is C37H57N7O. The van der Waals surface area contributed by atoms with Gasteiger partial charge in [-0.25, -0.2) is 4.98 Å². The number of rotatable bonds is 12. The molecule has 246 valence electrons. The molecule has 3 fully saturated rings. The summed E-state index contributed by atoms with van der Waals surface area (Å²) in [5.74, 6) is 1.71. The molecule has 1 aliphatic carbocycles. The Balaban J connectivity index is 1.22. The number of carbonyl (C=O) groups is 1. The van der Waals surface area contributed by atoms with Crippen molar-refractivity contribution in [3.63, 3.8) is 0 Å². The molecule has 3 N–H and O–H groups in total. The summed E-state index contributed by atoms with van der Waals surface area (Å²) in [6.07, 6.45) is 13.3. The summed E-state index contributed by atoms with van der Waals surface area (Å²) in [4.78, 5) is 25.9. The first-order chi connectivity index (χ1) is 21.9. The van der Waals surface area contributed by atoms with Gasteiger partial charge in [0.2, 0.25) is 0 Å². The van der Waals surface area contributed by atoms with Crippen molar-refractivity contribution >= 4 is 23.3 Å². The van der Waals surface area contributed by atoms with E-state index in [-0.39, 0.29) is 17.7 Å². The van der Waals surface area contributed by atoms with Crippen LogP contribution in [0.2, 0.25) is 0 Å². The molecule has 8 nitrogen and oxygen atoms in total. The number of nitrogens with one attached hydrogen (secondary N) is 3. The van der Waals surface area contributed by atoms with Crippen LogP contribution in [0.3, 0.4) is 0 Å². The van der Waals surface area contributed by atoms with Gasteiger partial charge in [-0.3, -0.25) is 10.2 Å². The van der Waals surface area contributed by atoms with E-state index in [1.54, 1.807) is 0 Å². The molecule has 3 aliphatic rings. The molecule has 1 aromatic heterocycles. The smallest absolute Gasteiger partial charge is 0.270 e. The van der Waals surface area contributed by atoms with Crippen LogP contribution in [-0.4, -0.2) is 84.8 Å². The summed E-state index contributed by atoms with van der Waals surface area (Å²) < 4.78 is 0. The molecule has 0 bridgehead atoms. The number of anilines is 2. The van der Waals surface area contributed by atoms with Crippen LogP contribution in [-0.2, 0) is 11.3 Å². The van der Waals surface area contributed by atoms with E-state index in [4.69, 9.17) is 10.4 Å². The molecule has 8 heteroatoms. The number of nitrogens with zero attached hydrogens (tertiary/aromatic N) is 4. The minimum absolute atomic E-state index is 0.0174. The van der Waals surface area contributed by atoms with Crippen LogP contribution in [0.25, 0.3) is 0 Å². The molecule has 45 heavy (non-hydrogen) atoms. The van der Waals surface area contributed by atoms with Gasteiger partial charge in [-0.15, -0.1) is 0 Å². The predicted molar refractivity (Wildman–Crippen MR) is 187 cm³/mol. The van der Waals surface area contributed by atoms with Crippen LogP contribution in [0, 0.1) is 5.41 Å². The summed E-state index contributed by atoms with van der Waals surface area (Å²) in [6.45, 7) is 12.0. The molecule has 1 saturated carbocycles. The molecule has 2 aliphatic heterocycles. The third-order valence-electron chi connectivity index (χ3n) is 10.3. The van der Waals surface area contributed by atoms with Crippen LogP contribution in [0.4, 0.5) is 11.6 Å². The third kappa shape index (κ3) is 9.29. The van der Waals surface area contributed by atoms with Crippen LogP contribution in [0.5, 0.6) is 0 Å². The highest BCUT2D eigenvalue weighted by molar-refractivity contribution is 6.45. The lowest BCUT2D eigenvalue weighted by molar-refractivity contribution is -0.115. The maximum atomic E-state index is 13.3. The summed E-state index contributed by atoms with van der Waals surface area (Å²) in [7, 11) is 1.83. The summed E-state index contributed by atoms with van der Waals surface area (Å²) >= 11 is 0. The lowest BCUT2D eigenvalue weighted by Crippen LogP contribution is -2.48. The number of hydrogen-bond acceptors (Lipinski definition) is 7. The summed E-state index contributed by atoms with van der Waals surface area (Å²) in [5, 5.41) is 15.2. The van der Waals surface area contributed by atoms with Gasteiger partial charge in [0.25, 0.3) is 5.91 Å². The molecular weight excluding hydrogens is 558 g/mol. The van der Waals surface area contributed by atoms with Gasteiger partial charge >= 0.3 is 0 Å². The first-order valence-electron chi connectivity index (χ1n) is 17.8. The normalized spacial score (nSPS) is 19.3. The van der Waals surface area contributed by atoms with Gasteiger partial charge in [0, 0.05) is 57.4 Å². The highest BCUT2D eigenvalue weighted by atomic mass is 16.1. The van der Waals surface area contributed by atoms with Gasteiger partial charge in [0.1, 0.15) is 17.3 Å². The van der Waals surface area contributed by atoms with Crippen LogP contribution in [0.1, 0.15) is 107 Å². The van der Waals surface area contributed by atoms with E-state index in [2.05, 4.69) is 63.4 Å². The molecule has 0 radical (unpaired) electrons. The Morgan fingerprint density at radius 3 is 2.11 bits per heavy atom. The van der Waals surface area contributed by atoms with E-state index in [1.807, 2.05) is 19.2 Å². The number of hydrogen-bond donors (Lipinski definition) is 3. The fourth-order valence-electron chi connectivity index (χ4n) is 7.32. The number of amides is 1. The van der Waals surface area contributed by atoms with Crippen molar-refractivity contribution in [1.29, 1.82) is 5.41 Å². The van der Waals surface area contributed by atoms with Gasteiger partial charge in [0.05, 0.1) is 0 Å². The number of pyridine rings is 1. The van der Waals surface area contributed by atoms with Gasteiger partial charge in [-0.1, -0.05) is 70.2 Å². The molecule has 0 atom stereocenters. The first-order valence-corrected chi connectivity index (χ1v) is 17.8. The number of aromatic nitrogens is 1. The average molecular weight is 616 g/mol. The van der Waals surface area contributed by atoms with Gasteiger partial charge in [-0.2, -0.15) is 0 Å². The van der Waals surface area contributed by atoms with E-state index >= 15 is 0 Å². The van der Waals surface area contributed by atoms with Crippen molar-refractivity contribution in [3.05, 3.63) is 53.1 Å². The third-order valence-corrected chi connectivity index (χ3v) is 10.3. The lowest BCUT2D eigenvalue weighted by atomic mass is 10.0. The number of piperidine rings is 2. The number of likely N-dealkylation sites (tertiary alicyclic amines) is 2. The second-order valence-electron chi connectivity index (χ2n) is 13.9. The zero-order valence-electron chi connectivity index (χ0n) is 28.1. The first kappa shape index (κ1) is 33.4. The van der Waals surface area contributed by atoms with Crippen LogP contribution in [0.15, 0.2) is 36.4 Å². The molecule has 1 aromatic carbocycles. The zero-order chi connectivity index (χ0) is 31.6. The van der Waals surface area contributed by atoms with Crippen LogP contribution >= 0.6 is 0 Å².